The van der Waals surface area contributed by atoms with Gasteiger partial charge in [-0.2, -0.15) is 0 Å². The van der Waals surface area contributed by atoms with Crippen molar-refractivity contribution < 1.29 is 9.47 Å². The predicted octanol–water partition coefficient (Wildman–Crippen LogP) is 5.99. The number of fused-ring (bicyclic) bond motifs is 1. The van der Waals surface area contributed by atoms with Crippen LogP contribution >= 0.6 is 30.9 Å². The minimum atomic E-state index is -2.35. The number of nitrogens with zero attached hydrogens (tertiary/aromatic N) is 4. The van der Waals surface area contributed by atoms with Gasteiger partial charge in [0.15, 0.2) is 5.11 Å². The number of thiocarbonyl (C=S) groups is 1. The van der Waals surface area contributed by atoms with Crippen molar-refractivity contribution in [1.29, 1.82) is 0 Å². The minimum absolute atomic E-state index is 0.494. The largest absolute Gasteiger partial charge is 0.379 e. The molecule has 2 fully saturated rings. The number of aryl methyl sites for hydroxylation is 1. The van der Waals surface area contributed by atoms with E-state index in [9.17, 15) is 0 Å². The average molecular weight is 578 g/mol. The number of hydrogen-bond donors (Lipinski definition) is 1. The van der Waals surface area contributed by atoms with Gasteiger partial charge < -0.3 is 14.8 Å². The molecule has 6 rings (SSSR count). The van der Waals surface area contributed by atoms with Crippen molar-refractivity contribution in [3.63, 3.8) is 0 Å². The number of anilines is 1. The molecular weight excluding hydrogens is 545 g/mol. The maximum absolute atomic E-state index is 5.93. The molecule has 4 aromatic rings. The molecule has 202 valence electrons. The Morgan fingerprint density at radius 3 is 2.18 bits per heavy atom. The molecule has 3 aromatic carbocycles. The summed E-state index contributed by atoms with van der Waals surface area (Å²) in [6.07, 6.45) is 0. The van der Waals surface area contributed by atoms with Crippen molar-refractivity contribution in [2.75, 3.05) is 57.9 Å². The summed E-state index contributed by atoms with van der Waals surface area (Å²) in [7, 11) is -2.35. The SMILES string of the molecule is Cc1ccc2nc(-c3ccc(NC(=S)N=P(c4ccccc4)(N4CCOCC4)N4CCOCC4)cc3)sc2c1. The fraction of sp³-hybridized carbons (Fsp3) is 0.310. The Morgan fingerprint density at radius 1 is 0.897 bits per heavy atom. The Hall–Kier alpha value is -2.49. The first-order valence-electron chi connectivity index (χ1n) is 13.2. The van der Waals surface area contributed by atoms with Gasteiger partial charge in [0, 0.05) is 42.7 Å². The number of morpholine rings is 2. The van der Waals surface area contributed by atoms with Gasteiger partial charge >= 0.3 is 0 Å². The number of benzene rings is 3. The van der Waals surface area contributed by atoms with Gasteiger partial charge in [0.2, 0.25) is 0 Å². The van der Waals surface area contributed by atoms with Gasteiger partial charge in [-0.05, 0) is 61.1 Å². The monoisotopic (exact) mass is 577 g/mol. The maximum atomic E-state index is 5.93. The molecule has 0 saturated carbocycles. The van der Waals surface area contributed by atoms with Crippen LogP contribution in [0, 0.1) is 6.92 Å². The number of thiazole rings is 1. The third-order valence-corrected chi connectivity index (χ3v) is 12.3. The molecule has 0 aliphatic carbocycles. The van der Waals surface area contributed by atoms with Crippen LogP contribution < -0.4 is 10.6 Å². The molecule has 7 nitrogen and oxygen atoms in total. The Labute approximate surface area is 238 Å². The number of hydrogen-bond acceptors (Lipinski definition) is 5. The third kappa shape index (κ3) is 5.72. The average Bonchev–Trinajstić information content (AvgIpc) is 3.41. The van der Waals surface area contributed by atoms with Gasteiger partial charge in [-0.25, -0.2) is 19.1 Å². The van der Waals surface area contributed by atoms with Crippen LogP contribution in [0.25, 0.3) is 20.8 Å². The Morgan fingerprint density at radius 2 is 1.54 bits per heavy atom. The van der Waals surface area contributed by atoms with E-state index < -0.39 is 7.36 Å². The van der Waals surface area contributed by atoms with Crippen LogP contribution in [-0.4, -0.2) is 72.0 Å². The summed E-state index contributed by atoms with van der Waals surface area (Å²) in [6.45, 7) is 8.18. The fourth-order valence-electron chi connectivity index (χ4n) is 5.11. The highest BCUT2D eigenvalue weighted by molar-refractivity contribution is 7.81. The minimum Gasteiger partial charge on any atom is -0.379 e. The zero-order valence-corrected chi connectivity index (χ0v) is 24.5. The first-order chi connectivity index (χ1) is 19.1. The highest BCUT2D eigenvalue weighted by atomic mass is 32.1. The van der Waals surface area contributed by atoms with E-state index in [1.54, 1.807) is 11.3 Å². The summed E-state index contributed by atoms with van der Waals surface area (Å²) >= 11 is 7.65. The quantitative estimate of drug-likeness (QED) is 0.231. The maximum Gasteiger partial charge on any atom is 0.198 e. The van der Waals surface area contributed by atoms with Gasteiger partial charge in [-0.1, -0.05) is 36.4 Å². The Kier molecular flexibility index (Phi) is 8.18. The first kappa shape index (κ1) is 26.7. The number of ether oxygens (including phenoxy) is 2. The molecular formula is C29H32N5O2PS2. The van der Waals surface area contributed by atoms with Gasteiger partial charge in [-0.15, -0.1) is 11.3 Å². The molecule has 0 amide bonds. The van der Waals surface area contributed by atoms with Crippen molar-refractivity contribution in [2.45, 2.75) is 6.92 Å². The number of nitrogens with one attached hydrogen (secondary N) is 1. The zero-order chi connectivity index (χ0) is 26.7. The lowest BCUT2D eigenvalue weighted by atomic mass is 10.2. The predicted molar refractivity (Wildman–Crippen MR) is 166 cm³/mol. The van der Waals surface area contributed by atoms with Crippen molar-refractivity contribution >= 4 is 57.2 Å². The van der Waals surface area contributed by atoms with Crippen LogP contribution in [0.2, 0.25) is 0 Å². The summed E-state index contributed by atoms with van der Waals surface area (Å²) in [5, 5.41) is 6.14. The van der Waals surface area contributed by atoms with Crippen molar-refractivity contribution in [2.24, 2.45) is 4.74 Å². The standard InChI is InChI=1S/C29H32N5O2PS2/c1-22-7-12-26-27(21-22)39-28(31-26)23-8-10-24(11-9-23)30-29(38)32-37(25-5-3-2-4-6-25,33-13-17-35-18-14-33)34-15-19-36-20-16-34/h2-12,21H,13-20H2,1H3,(H,30,38). The van der Waals surface area contributed by atoms with E-state index in [1.165, 1.54) is 15.6 Å². The van der Waals surface area contributed by atoms with E-state index >= 15 is 0 Å². The lowest BCUT2D eigenvalue weighted by Crippen LogP contribution is -2.46. The first-order valence-corrected chi connectivity index (χ1v) is 16.1. The molecule has 1 aromatic heterocycles. The van der Waals surface area contributed by atoms with Gasteiger partial charge in [0.05, 0.1) is 36.6 Å². The molecule has 2 aliphatic rings. The van der Waals surface area contributed by atoms with E-state index in [0.717, 1.165) is 48.0 Å². The van der Waals surface area contributed by atoms with Gasteiger partial charge in [0.1, 0.15) is 12.4 Å². The summed E-state index contributed by atoms with van der Waals surface area (Å²) in [4.78, 5) is 4.83. The van der Waals surface area contributed by atoms with Crippen molar-refractivity contribution in [3.8, 4) is 10.6 Å². The van der Waals surface area contributed by atoms with Crippen LogP contribution in [-0.2, 0) is 9.47 Å². The second kappa shape index (κ2) is 11.9. The second-order valence-corrected chi connectivity index (χ2v) is 14.0. The lowest BCUT2D eigenvalue weighted by Gasteiger charge is -2.46. The smallest absolute Gasteiger partial charge is 0.198 e. The summed E-state index contributed by atoms with van der Waals surface area (Å²) in [6, 6.07) is 25.3. The highest BCUT2D eigenvalue weighted by Gasteiger charge is 2.38. The molecule has 2 saturated heterocycles. The summed E-state index contributed by atoms with van der Waals surface area (Å²) in [5.74, 6) is 0. The topological polar surface area (TPSA) is 62.2 Å². The molecule has 0 spiro atoms. The van der Waals surface area contributed by atoms with E-state index in [2.05, 4.69) is 94.4 Å². The zero-order valence-electron chi connectivity index (χ0n) is 22.0. The molecule has 0 atom stereocenters. The Balaban J connectivity index is 1.31. The third-order valence-electron chi connectivity index (χ3n) is 7.02. The lowest BCUT2D eigenvalue weighted by molar-refractivity contribution is 0.0579. The molecule has 3 heterocycles. The second-order valence-electron chi connectivity index (χ2n) is 9.63. The van der Waals surface area contributed by atoms with Crippen LogP contribution in [0.5, 0.6) is 0 Å². The van der Waals surface area contributed by atoms with E-state index in [0.29, 0.717) is 31.5 Å². The van der Waals surface area contributed by atoms with E-state index in [-0.39, 0.29) is 0 Å². The van der Waals surface area contributed by atoms with E-state index in [4.69, 9.17) is 31.4 Å². The summed E-state index contributed by atoms with van der Waals surface area (Å²) < 4.78 is 23.1. The fourth-order valence-corrected chi connectivity index (χ4v) is 10.3. The van der Waals surface area contributed by atoms with Crippen LogP contribution in [0.1, 0.15) is 5.56 Å². The van der Waals surface area contributed by atoms with Crippen molar-refractivity contribution in [3.05, 3.63) is 78.4 Å². The van der Waals surface area contributed by atoms with Crippen LogP contribution in [0.15, 0.2) is 77.5 Å². The normalized spacial score (nSPS) is 17.3. The molecule has 39 heavy (non-hydrogen) atoms. The van der Waals surface area contributed by atoms with Gasteiger partial charge in [-0.3, -0.25) is 0 Å². The van der Waals surface area contributed by atoms with Crippen LogP contribution in [0.3, 0.4) is 0 Å². The van der Waals surface area contributed by atoms with E-state index in [1.807, 2.05) is 0 Å². The summed E-state index contributed by atoms with van der Waals surface area (Å²) in [5.41, 5.74) is 4.29. The molecule has 1 N–H and O–H groups in total. The molecule has 0 radical (unpaired) electrons. The molecule has 10 heteroatoms. The van der Waals surface area contributed by atoms with Crippen molar-refractivity contribution in [1.82, 2.24) is 14.3 Å². The van der Waals surface area contributed by atoms with Crippen LogP contribution in [0.4, 0.5) is 5.69 Å². The molecule has 0 unspecified atom stereocenters. The molecule has 0 bridgehead atoms. The highest BCUT2D eigenvalue weighted by Crippen LogP contribution is 2.56. The number of rotatable bonds is 5. The molecule has 2 aliphatic heterocycles. The Bertz CT molecular complexity index is 1480. The number of aromatic nitrogens is 1. The van der Waals surface area contributed by atoms with Gasteiger partial charge in [0.25, 0.3) is 0 Å².